The molecule has 0 radical (unpaired) electrons. The molecule has 2 aliphatic rings. The van der Waals surface area contributed by atoms with E-state index in [0.29, 0.717) is 31.7 Å². The molecule has 2 heterocycles. The first-order chi connectivity index (χ1) is 16.3. The van der Waals surface area contributed by atoms with Gasteiger partial charge in [0.1, 0.15) is 5.75 Å². The van der Waals surface area contributed by atoms with Crippen molar-refractivity contribution in [1.29, 1.82) is 0 Å². The fourth-order valence-electron chi connectivity index (χ4n) is 4.48. The van der Waals surface area contributed by atoms with E-state index in [0.717, 1.165) is 28.9 Å². The van der Waals surface area contributed by atoms with Crippen LogP contribution in [0, 0.1) is 0 Å². The van der Waals surface area contributed by atoms with Gasteiger partial charge in [0, 0.05) is 32.4 Å². The molecule has 0 bridgehead atoms. The Morgan fingerprint density at radius 2 is 2.12 bits per heavy atom. The summed E-state index contributed by atoms with van der Waals surface area (Å²) < 4.78 is 5.47. The summed E-state index contributed by atoms with van der Waals surface area (Å²) >= 11 is 0. The predicted molar refractivity (Wildman–Crippen MR) is 126 cm³/mol. The third kappa shape index (κ3) is 5.73. The molecule has 1 saturated heterocycles. The normalized spacial score (nSPS) is 18.3. The number of likely N-dealkylation sites (N-methyl/N-ethyl adjacent to an activating group) is 1. The summed E-state index contributed by atoms with van der Waals surface area (Å²) in [5.74, 6) is -0.178. The zero-order valence-corrected chi connectivity index (χ0v) is 19.2. The number of likely N-dealkylation sites (tertiary alicyclic amines) is 1. The highest BCUT2D eigenvalue weighted by molar-refractivity contribution is 5.99. The van der Waals surface area contributed by atoms with Crippen LogP contribution in [0.5, 0.6) is 5.75 Å². The maximum atomic E-state index is 13.3. The van der Waals surface area contributed by atoms with E-state index in [1.165, 1.54) is 0 Å². The number of carbonyl (C=O) groups is 3. The van der Waals surface area contributed by atoms with Crippen molar-refractivity contribution in [2.45, 2.75) is 31.4 Å². The Morgan fingerprint density at radius 1 is 1.29 bits per heavy atom. The highest BCUT2D eigenvalue weighted by Gasteiger charge is 2.29. The van der Waals surface area contributed by atoms with Crippen molar-refractivity contribution in [2.75, 3.05) is 38.6 Å². The summed E-state index contributed by atoms with van der Waals surface area (Å²) in [7, 11) is 1.77. The number of hydrogen-bond donors (Lipinski definition) is 3. The molecule has 4 N–H and O–H groups in total. The van der Waals surface area contributed by atoms with Gasteiger partial charge in [-0.05, 0) is 41.3 Å². The molecule has 1 unspecified atom stereocenters. The summed E-state index contributed by atoms with van der Waals surface area (Å²) in [6.45, 7) is 1.64. The number of amides is 3. The SMILES string of the molecule is CN(C(=O)Cc1ccc2c(c1)NC(=O)C2)C(CN1CC[C@H](O)C1)c1cccc(OCC(N)=O)c1. The lowest BCUT2D eigenvalue weighted by molar-refractivity contribution is -0.131. The summed E-state index contributed by atoms with van der Waals surface area (Å²) in [5, 5.41) is 12.8. The number of ether oxygens (including phenoxy) is 1. The lowest BCUT2D eigenvalue weighted by atomic mass is 10.0. The quantitative estimate of drug-likeness (QED) is 0.503. The van der Waals surface area contributed by atoms with Crippen LogP contribution in [0.2, 0.25) is 0 Å². The van der Waals surface area contributed by atoms with Crippen molar-refractivity contribution >= 4 is 23.4 Å². The Morgan fingerprint density at radius 3 is 2.85 bits per heavy atom. The zero-order chi connectivity index (χ0) is 24.2. The smallest absolute Gasteiger partial charge is 0.255 e. The molecule has 0 spiro atoms. The second kappa shape index (κ2) is 10.2. The summed E-state index contributed by atoms with van der Waals surface area (Å²) in [4.78, 5) is 39.9. The maximum Gasteiger partial charge on any atom is 0.255 e. The Hall–Kier alpha value is -3.43. The minimum absolute atomic E-state index is 0.0399. The van der Waals surface area contributed by atoms with Gasteiger partial charge in [0.25, 0.3) is 5.91 Å². The monoisotopic (exact) mass is 466 g/mol. The predicted octanol–water partition coefficient (Wildman–Crippen LogP) is 0.854. The van der Waals surface area contributed by atoms with Gasteiger partial charge in [-0.25, -0.2) is 0 Å². The van der Waals surface area contributed by atoms with Gasteiger partial charge in [-0.15, -0.1) is 0 Å². The fourth-order valence-corrected chi connectivity index (χ4v) is 4.48. The molecule has 1 fully saturated rings. The molecule has 9 heteroatoms. The number of β-amino-alcohol motifs (C(OH)–C–C–N with tert-alkyl or cyclic N) is 1. The van der Waals surface area contributed by atoms with E-state index in [1.54, 1.807) is 18.0 Å². The second-order valence-electron chi connectivity index (χ2n) is 8.94. The average Bonchev–Trinajstić information content (AvgIpc) is 3.39. The number of nitrogens with two attached hydrogens (primary N) is 1. The van der Waals surface area contributed by atoms with Gasteiger partial charge in [0.15, 0.2) is 6.61 Å². The van der Waals surface area contributed by atoms with Crippen molar-refractivity contribution in [2.24, 2.45) is 5.73 Å². The Labute approximate surface area is 198 Å². The van der Waals surface area contributed by atoms with Crippen LogP contribution in [0.15, 0.2) is 42.5 Å². The number of aliphatic hydroxyl groups excluding tert-OH is 1. The average molecular weight is 467 g/mol. The van der Waals surface area contributed by atoms with Crippen LogP contribution >= 0.6 is 0 Å². The first kappa shape index (κ1) is 23.7. The number of rotatable bonds is 9. The Bertz CT molecular complexity index is 1090. The Balaban J connectivity index is 1.52. The van der Waals surface area contributed by atoms with Gasteiger partial charge in [-0.1, -0.05) is 24.3 Å². The molecule has 2 aromatic rings. The molecule has 3 amide bonds. The van der Waals surface area contributed by atoms with Crippen LogP contribution in [0.4, 0.5) is 5.69 Å². The van der Waals surface area contributed by atoms with E-state index < -0.39 is 5.91 Å². The number of nitrogens with zero attached hydrogens (tertiary/aromatic N) is 2. The van der Waals surface area contributed by atoms with Gasteiger partial charge < -0.3 is 25.8 Å². The van der Waals surface area contributed by atoms with Crippen molar-refractivity contribution in [3.63, 3.8) is 0 Å². The lowest BCUT2D eigenvalue weighted by Crippen LogP contribution is -2.39. The third-order valence-electron chi connectivity index (χ3n) is 6.32. The molecule has 2 aliphatic heterocycles. The third-order valence-corrected chi connectivity index (χ3v) is 6.32. The van der Waals surface area contributed by atoms with E-state index in [1.807, 2.05) is 36.4 Å². The molecule has 0 saturated carbocycles. The van der Waals surface area contributed by atoms with Gasteiger partial charge in [0.2, 0.25) is 11.8 Å². The van der Waals surface area contributed by atoms with Crippen LogP contribution < -0.4 is 15.8 Å². The molecule has 9 nitrogen and oxygen atoms in total. The standard InChI is InChI=1S/C25H30N4O5/c1-28(25(33)10-16-5-6-17-12-24(32)27-21(17)9-16)22(14-29-8-7-19(30)13-29)18-3-2-4-20(11-18)34-15-23(26)31/h2-6,9,11,19,22,30H,7-8,10,12-15H2,1H3,(H2,26,31)(H,27,32)/t19-,22?/m0/s1. The minimum atomic E-state index is -0.564. The summed E-state index contributed by atoms with van der Waals surface area (Å²) in [6, 6.07) is 12.6. The largest absolute Gasteiger partial charge is 0.484 e. The van der Waals surface area contributed by atoms with E-state index in [2.05, 4.69) is 10.2 Å². The second-order valence-corrected chi connectivity index (χ2v) is 8.94. The van der Waals surface area contributed by atoms with Crippen LogP contribution in [0.25, 0.3) is 0 Å². The minimum Gasteiger partial charge on any atom is -0.484 e. The molecular weight excluding hydrogens is 436 g/mol. The number of benzene rings is 2. The highest BCUT2D eigenvalue weighted by Crippen LogP contribution is 2.28. The van der Waals surface area contributed by atoms with Crippen molar-refractivity contribution in [3.05, 3.63) is 59.2 Å². The number of carbonyl (C=O) groups excluding carboxylic acids is 3. The summed E-state index contributed by atoms with van der Waals surface area (Å²) in [5.41, 5.74) is 8.58. The van der Waals surface area contributed by atoms with Crippen LogP contribution in [0.3, 0.4) is 0 Å². The fraction of sp³-hybridized carbons (Fsp3) is 0.400. The molecule has 0 aliphatic carbocycles. The molecule has 4 rings (SSSR count). The van der Waals surface area contributed by atoms with Crippen LogP contribution in [0.1, 0.15) is 29.2 Å². The van der Waals surface area contributed by atoms with Crippen LogP contribution in [-0.4, -0.2) is 72.0 Å². The molecule has 0 aromatic heterocycles. The highest BCUT2D eigenvalue weighted by atomic mass is 16.5. The number of fused-ring (bicyclic) bond motifs is 1. The van der Waals surface area contributed by atoms with Crippen molar-refractivity contribution < 1.29 is 24.2 Å². The van der Waals surface area contributed by atoms with Gasteiger partial charge in [-0.3, -0.25) is 19.3 Å². The first-order valence-corrected chi connectivity index (χ1v) is 11.4. The number of nitrogens with one attached hydrogen (secondary N) is 1. The first-order valence-electron chi connectivity index (χ1n) is 11.4. The van der Waals surface area contributed by atoms with Crippen molar-refractivity contribution in [3.8, 4) is 5.75 Å². The molecular formula is C25H30N4O5. The topological polar surface area (TPSA) is 125 Å². The summed E-state index contributed by atoms with van der Waals surface area (Å²) in [6.07, 6.45) is 0.888. The van der Waals surface area contributed by atoms with Gasteiger partial charge in [0.05, 0.1) is 25.0 Å². The number of anilines is 1. The Kier molecular flexibility index (Phi) is 7.14. The van der Waals surface area contributed by atoms with Crippen molar-refractivity contribution in [1.82, 2.24) is 9.80 Å². The van der Waals surface area contributed by atoms with E-state index in [4.69, 9.17) is 10.5 Å². The number of primary amides is 1. The van der Waals surface area contributed by atoms with E-state index in [-0.39, 0.29) is 37.0 Å². The van der Waals surface area contributed by atoms with E-state index >= 15 is 0 Å². The van der Waals surface area contributed by atoms with Gasteiger partial charge >= 0.3 is 0 Å². The molecule has 34 heavy (non-hydrogen) atoms. The maximum absolute atomic E-state index is 13.3. The zero-order valence-electron chi connectivity index (χ0n) is 19.2. The number of aliphatic hydroxyl groups is 1. The number of hydrogen-bond acceptors (Lipinski definition) is 6. The lowest BCUT2D eigenvalue weighted by Gasteiger charge is -2.32. The molecule has 180 valence electrons. The van der Waals surface area contributed by atoms with Crippen LogP contribution in [-0.2, 0) is 27.2 Å². The molecule has 2 aromatic carbocycles. The molecule has 2 atom stereocenters. The van der Waals surface area contributed by atoms with E-state index in [9.17, 15) is 19.5 Å². The van der Waals surface area contributed by atoms with Gasteiger partial charge in [-0.2, -0.15) is 0 Å².